The van der Waals surface area contributed by atoms with Crippen molar-refractivity contribution in [2.45, 2.75) is 56.2 Å². The minimum Gasteiger partial charge on any atom is -0.375 e. The third-order valence-electron chi connectivity index (χ3n) is 3.74. The molecule has 1 aromatic carbocycles. The monoisotopic (exact) mass is 312 g/mol. The van der Waals surface area contributed by atoms with Crippen LogP contribution in [0.3, 0.4) is 0 Å². The number of nitrogens with two attached hydrogens (primary N) is 1. The maximum atomic E-state index is 12.4. The second kappa shape index (κ2) is 6.04. The molecule has 6 heteroatoms. The van der Waals surface area contributed by atoms with E-state index in [0.29, 0.717) is 19.4 Å². The Hall–Kier alpha value is -0.950. The number of hydrogen-bond donors (Lipinski definition) is 2. The third-order valence-corrected chi connectivity index (χ3v) is 5.27. The predicted octanol–water partition coefficient (Wildman–Crippen LogP) is 1.94. The molecule has 1 saturated heterocycles. The highest BCUT2D eigenvalue weighted by Crippen LogP contribution is 2.25. The molecule has 2 unspecified atom stereocenters. The van der Waals surface area contributed by atoms with E-state index in [0.717, 1.165) is 5.56 Å². The van der Waals surface area contributed by atoms with Gasteiger partial charge in [-0.15, -0.1) is 0 Å². The fourth-order valence-corrected chi connectivity index (χ4v) is 3.84. The van der Waals surface area contributed by atoms with Crippen molar-refractivity contribution in [1.82, 2.24) is 4.72 Å². The maximum Gasteiger partial charge on any atom is 0.240 e. The molecule has 5 nitrogen and oxygen atoms in total. The van der Waals surface area contributed by atoms with Crippen molar-refractivity contribution in [3.63, 3.8) is 0 Å². The van der Waals surface area contributed by atoms with Crippen LogP contribution >= 0.6 is 0 Å². The SMILES string of the molecule is CC(N)c1ccc(S(=O)(=O)NC2CCOC(C)(C)C2)cc1. The lowest BCUT2D eigenvalue weighted by Crippen LogP contribution is -2.45. The van der Waals surface area contributed by atoms with Gasteiger partial charge in [0, 0.05) is 18.7 Å². The van der Waals surface area contributed by atoms with Crippen molar-refractivity contribution in [2.75, 3.05) is 6.61 Å². The fourth-order valence-electron chi connectivity index (χ4n) is 2.57. The van der Waals surface area contributed by atoms with Gasteiger partial charge in [0.15, 0.2) is 0 Å². The minimum atomic E-state index is -3.50. The highest BCUT2D eigenvalue weighted by atomic mass is 32.2. The Kier molecular flexibility index (Phi) is 4.72. The highest BCUT2D eigenvalue weighted by molar-refractivity contribution is 7.89. The zero-order valence-electron chi connectivity index (χ0n) is 12.8. The molecule has 1 aliphatic rings. The van der Waals surface area contributed by atoms with Gasteiger partial charge in [-0.1, -0.05) is 12.1 Å². The zero-order chi connectivity index (χ0) is 15.7. The smallest absolute Gasteiger partial charge is 0.240 e. The van der Waals surface area contributed by atoms with Crippen LogP contribution in [0.2, 0.25) is 0 Å². The normalized spacial score (nSPS) is 23.7. The van der Waals surface area contributed by atoms with Crippen molar-refractivity contribution in [1.29, 1.82) is 0 Å². The van der Waals surface area contributed by atoms with Crippen LogP contribution in [-0.2, 0) is 14.8 Å². The molecule has 0 aromatic heterocycles. The van der Waals surface area contributed by atoms with Gasteiger partial charge >= 0.3 is 0 Å². The van der Waals surface area contributed by atoms with Crippen molar-refractivity contribution < 1.29 is 13.2 Å². The minimum absolute atomic E-state index is 0.0909. The Labute approximate surface area is 126 Å². The predicted molar refractivity (Wildman–Crippen MR) is 82.4 cm³/mol. The third kappa shape index (κ3) is 4.26. The van der Waals surface area contributed by atoms with Crippen LogP contribution in [0.25, 0.3) is 0 Å². The van der Waals surface area contributed by atoms with E-state index in [1.807, 2.05) is 20.8 Å². The molecule has 0 saturated carbocycles. The topological polar surface area (TPSA) is 81.4 Å². The van der Waals surface area contributed by atoms with E-state index in [1.165, 1.54) is 0 Å². The Morgan fingerprint density at radius 3 is 2.48 bits per heavy atom. The average Bonchev–Trinajstić information content (AvgIpc) is 2.37. The molecular weight excluding hydrogens is 288 g/mol. The number of benzene rings is 1. The number of ether oxygens (including phenoxy) is 1. The number of sulfonamides is 1. The van der Waals surface area contributed by atoms with E-state index in [4.69, 9.17) is 10.5 Å². The summed E-state index contributed by atoms with van der Waals surface area (Å²) in [6, 6.07) is 6.52. The second-order valence-electron chi connectivity index (χ2n) is 6.28. The fraction of sp³-hybridized carbons (Fsp3) is 0.600. The summed E-state index contributed by atoms with van der Waals surface area (Å²) >= 11 is 0. The standard InChI is InChI=1S/C15H24N2O3S/c1-11(16)12-4-6-14(7-5-12)21(18,19)17-13-8-9-20-15(2,3)10-13/h4-7,11,13,17H,8-10,16H2,1-3H3. The highest BCUT2D eigenvalue weighted by Gasteiger charge is 2.31. The van der Waals surface area contributed by atoms with Gasteiger partial charge in [-0.25, -0.2) is 13.1 Å². The van der Waals surface area contributed by atoms with Gasteiger partial charge in [0.05, 0.1) is 10.5 Å². The molecule has 1 fully saturated rings. The van der Waals surface area contributed by atoms with Crippen LogP contribution in [0.5, 0.6) is 0 Å². The Morgan fingerprint density at radius 2 is 1.95 bits per heavy atom. The number of nitrogens with one attached hydrogen (secondary N) is 1. The van der Waals surface area contributed by atoms with Crippen molar-refractivity contribution in [3.05, 3.63) is 29.8 Å². The first-order chi connectivity index (χ1) is 9.70. The molecular formula is C15H24N2O3S. The van der Waals surface area contributed by atoms with Gasteiger partial charge in [0.25, 0.3) is 0 Å². The molecule has 3 N–H and O–H groups in total. The second-order valence-corrected chi connectivity index (χ2v) is 7.99. The summed E-state index contributed by atoms with van der Waals surface area (Å²) in [5, 5.41) is 0. The van der Waals surface area contributed by atoms with Crippen molar-refractivity contribution >= 4 is 10.0 Å². The molecule has 0 spiro atoms. The van der Waals surface area contributed by atoms with Crippen LogP contribution in [0.1, 0.15) is 45.2 Å². The van der Waals surface area contributed by atoms with E-state index < -0.39 is 10.0 Å². The lowest BCUT2D eigenvalue weighted by molar-refractivity contribution is -0.0599. The van der Waals surface area contributed by atoms with Crippen LogP contribution in [0, 0.1) is 0 Å². The van der Waals surface area contributed by atoms with Crippen LogP contribution in [0.15, 0.2) is 29.2 Å². The summed E-state index contributed by atoms with van der Waals surface area (Å²) in [6.07, 6.45) is 1.37. The van der Waals surface area contributed by atoms with Gasteiger partial charge in [0.2, 0.25) is 10.0 Å². The summed E-state index contributed by atoms with van der Waals surface area (Å²) in [5.41, 5.74) is 6.40. The summed E-state index contributed by atoms with van der Waals surface area (Å²) in [6.45, 7) is 6.39. The summed E-state index contributed by atoms with van der Waals surface area (Å²) in [5.74, 6) is 0. The zero-order valence-corrected chi connectivity index (χ0v) is 13.6. The maximum absolute atomic E-state index is 12.4. The van der Waals surface area contributed by atoms with E-state index in [-0.39, 0.29) is 22.6 Å². The first-order valence-electron chi connectivity index (χ1n) is 7.21. The van der Waals surface area contributed by atoms with Crippen molar-refractivity contribution in [2.24, 2.45) is 5.73 Å². The molecule has 21 heavy (non-hydrogen) atoms. The van der Waals surface area contributed by atoms with E-state index >= 15 is 0 Å². The Balaban J connectivity index is 2.11. The van der Waals surface area contributed by atoms with Gasteiger partial charge in [-0.2, -0.15) is 0 Å². The van der Waals surface area contributed by atoms with E-state index in [2.05, 4.69) is 4.72 Å². The summed E-state index contributed by atoms with van der Waals surface area (Å²) in [4.78, 5) is 0.274. The average molecular weight is 312 g/mol. The lowest BCUT2D eigenvalue weighted by atomic mass is 9.95. The molecule has 0 aliphatic carbocycles. The first-order valence-corrected chi connectivity index (χ1v) is 8.70. The van der Waals surface area contributed by atoms with Crippen LogP contribution in [0.4, 0.5) is 0 Å². The van der Waals surface area contributed by atoms with Gasteiger partial charge in [-0.3, -0.25) is 0 Å². The number of rotatable bonds is 4. The van der Waals surface area contributed by atoms with Crippen molar-refractivity contribution in [3.8, 4) is 0 Å². The Bertz CT molecular complexity index is 579. The Morgan fingerprint density at radius 1 is 1.33 bits per heavy atom. The van der Waals surface area contributed by atoms with Gasteiger partial charge in [-0.05, 0) is 51.3 Å². The molecule has 0 bridgehead atoms. The molecule has 1 aliphatic heterocycles. The van der Waals surface area contributed by atoms with Crippen LogP contribution in [-0.4, -0.2) is 26.7 Å². The molecule has 1 heterocycles. The van der Waals surface area contributed by atoms with E-state index in [9.17, 15) is 8.42 Å². The number of hydrogen-bond acceptors (Lipinski definition) is 4. The molecule has 118 valence electrons. The molecule has 0 radical (unpaired) electrons. The quantitative estimate of drug-likeness (QED) is 0.890. The van der Waals surface area contributed by atoms with Gasteiger partial charge < -0.3 is 10.5 Å². The lowest BCUT2D eigenvalue weighted by Gasteiger charge is -2.35. The molecule has 0 amide bonds. The molecule has 1 aromatic rings. The van der Waals surface area contributed by atoms with Crippen LogP contribution < -0.4 is 10.5 Å². The summed E-state index contributed by atoms with van der Waals surface area (Å²) < 4.78 is 33.2. The van der Waals surface area contributed by atoms with Gasteiger partial charge in [0.1, 0.15) is 0 Å². The molecule has 2 atom stereocenters. The first kappa shape index (κ1) is 16.4. The largest absolute Gasteiger partial charge is 0.375 e. The molecule has 2 rings (SSSR count). The van der Waals surface area contributed by atoms with E-state index in [1.54, 1.807) is 24.3 Å². The summed E-state index contributed by atoms with van der Waals surface area (Å²) in [7, 11) is -3.50.